The van der Waals surface area contributed by atoms with Gasteiger partial charge in [0, 0.05) is 11.1 Å². The van der Waals surface area contributed by atoms with E-state index < -0.39 is 32.0 Å². The molecule has 0 saturated heterocycles. The summed E-state index contributed by atoms with van der Waals surface area (Å²) in [5.74, 6) is 0. The van der Waals surface area contributed by atoms with Gasteiger partial charge in [-0.15, -0.1) is 46.4 Å². The number of benzene rings is 3. The lowest BCUT2D eigenvalue weighted by Crippen LogP contribution is -3.01. The number of alkyl halides is 4. The Morgan fingerprint density at radius 2 is 0.906 bits per heavy atom. The Balaban J connectivity index is 2.10. The molecule has 3 aromatic carbocycles. The fourth-order valence-corrected chi connectivity index (χ4v) is 4.60. The third kappa shape index (κ3) is 5.55. The van der Waals surface area contributed by atoms with Gasteiger partial charge in [0.05, 0.1) is 27.6 Å². The van der Waals surface area contributed by atoms with Gasteiger partial charge in [0.15, 0.2) is 11.4 Å². The first-order valence-electron chi connectivity index (χ1n) is 9.53. The molecule has 0 amide bonds. The molecular formula is C22H20Cl4N2O4. The number of halogens is 4. The van der Waals surface area contributed by atoms with E-state index in [-0.39, 0.29) is 22.5 Å². The van der Waals surface area contributed by atoms with Crippen molar-refractivity contribution in [3.63, 3.8) is 0 Å². The van der Waals surface area contributed by atoms with E-state index in [9.17, 15) is 20.8 Å². The summed E-state index contributed by atoms with van der Waals surface area (Å²) in [6.07, 6.45) is 0. The highest BCUT2D eigenvalue weighted by atomic mass is 35.5. The van der Waals surface area contributed by atoms with Crippen molar-refractivity contribution in [2.75, 3.05) is 0 Å². The zero-order valence-electron chi connectivity index (χ0n) is 16.5. The van der Waals surface area contributed by atoms with Crippen molar-refractivity contribution in [3.05, 3.63) is 105 Å². The van der Waals surface area contributed by atoms with Gasteiger partial charge >= 0.3 is 0 Å². The molecule has 0 aromatic heterocycles. The van der Waals surface area contributed by atoms with Crippen LogP contribution >= 0.6 is 46.4 Å². The summed E-state index contributed by atoms with van der Waals surface area (Å²) < 4.78 is 0. The number of hydrogen-bond donors (Lipinski definition) is 4. The summed E-state index contributed by atoms with van der Waals surface area (Å²) in [4.78, 5) is 0. The minimum absolute atomic E-state index is 0.158. The average Bonchev–Trinajstić information content (AvgIpc) is 2.82. The van der Waals surface area contributed by atoms with E-state index in [1.165, 1.54) is 6.07 Å². The van der Waals surface area contributed by atoms with Crippen molar-refractivity contribution >= 4 is 57.8 Å². The number of quaternary nitrogens is 2. The van der Waals surface area contributed by atoms with Crippen LogP contribution in [0.2, 0.25) is 0 Å². The maximum Gasteiger partial charge on any atom is 0.174 e. The predicted molar refractivity (Wildman–Crippen MR) is 125 cm³/mol. The van der Waals surface area contributed by atoms with Crippen molar-refractivity contribution in [1.82, 2.24) is 0 Å². The molecule has 0 aliphatic rings. The molecule has 0 spiro atoms. The third-order valence-corrected chi connectivity index (χ3v) is 7.27. The van der Waals surface area contributed by atoms with Gasteiger partial charge in [-0.05, 0) is 17.2 Å². The van der Waals surface area contributed by atoms with Crippen LogP contribution in [0, 0.1) is 10.4 Å². The Hall–Kier alpha value is -1.42. The number of hydrogen-bond acceptors (Lipinski definition) is 4. The normalized spacial score (nSPS) is 17.2. The van der Waals surface area contributed by atoms with Gasteiger partial charge in [0.25, 0.3) is 0 Å². The topological polar surface area (TPSA) is 95.5 Å². The standard InChI is InChI=1S/C22H20Cl4N2O4/c23-19(13-7-3-1-4-8-13)21(25)15-11-16(18(28(31)32)12-17(15)27(29)30)22(26)20(24)14-9-5-2-6-10-14/h1-12,19-22,27-29,31H/t19-,20+,21-,22-/m0/s1. The van der Waals surface area contributed by atoms with E-state index in [1.807, 2.05) is 12.1 Å². The van der Waals surface area contributed by atoms with Gasteiger partial charge in [-0.1, -0.05) is 60.7 Å². The molecule has 3 aromatic rings. The monoisotopic (exact) mass is 516 g/mol. The van der Waals surface area contributed by atoms with E-state index in [1.54, 1.807) is 48.5 Å². The summed E-state index contributed by atoms with van der Waals surface area (Å²) in [5.41, 5.74) is 1.17. The first-order valence-corrected chi connectivity index (χ1v) is 11.3. The average molecular weight is 518 g/mol. The molecule has 0 aliphatic carbocycles. The fourth-order valence-electron chi connectivity index (χ4n) is 3.39. The highest BCUT2D eigenvalue weighted by Crippen LogP contribution is 2.46. The Morgan fingerprint density at radius 1 is 0.562 bits per heavy atom. The van der Waals surface area contributed by atoms with E-state index in [2.05, 4.69) is 0 Å². The lowest BCUT2D eigenvalue weighted by molar-refractivity contribution is -0.996. The Morgan fingerprint density at radius 3 is 1.22 bits per heavy atom. The smallest absolute Gasteiger partial charge is 0.174 e. The first-order chi connectivity index (χ1) is 15.2. The predicted octanol–water partition coefficient (Wildman–Crippen LogP) is 5.01. The van der Waals surface area contributed by atoms with E-state index in [0.29, 0.717) is 11.1 Å². The van der Waals surface area contributed by atoms with Crippen LogP contribution in [0.4, 0.5) is 11.4 Å². The largest absolute Gasteiger partial charge is 0.595 e. The molecule has 0 bridgehead atoms. The van der Waals surface area contributed by atoms with Crippen molar-refractivity contribution in [3.8, 4) is 0 Å². The SMILES string of the molecule is [O-][NH+](O)c1cc([NH+]([O-])O)c([C@H](Cl)[C@@H](Cl)c2ccccc2)cc1[C@H](Cl)[C@H](Cl)c1ccccc1. The lowest BCUT2D eigenvalue weighted by atomic mass is 9.95. The molecule has 6 atom stereocenters. The molecule has 6 nitrogen and oxygen atoms in total. The molecule has 10 heteroatoms. The van der Waals surface area contributed by atoms with Gasteiger partial charge in [0.1, 0.15) is 0 Å². The fraction of sp³-hybridized carbons (Fsp3) is 0.182. The molecule has 0 aliphatic heterocycles. The summed E-state index contributed by atoms with van der Waals surface area (Å²) in [7, 11) is 0. The van der Waals surface area contributed by atoms with Crippen molar-refractivity contribution in [2.45, 2.75) is 21.5 Å². The second-order valence-corrected chi connectivity index (χ2v) is 8.95. The minimum atomic E-state index is -1.33. The second-order valence-electron chi connectivity index (χ2n) is 7.07. The number of rotatable bonds is 8. The molecule has 170 valence electrons. The Kier molecular flexibility index (Phi) is 8.77. The van der Waals surface area contributed by atoms with Gasteiger partial charge in [-0.25, -0.2) is 10.4 Å². The molecule has 3 rings (SSSR count). The molecule has 2 unspecified atom stereocenters. The zero-order chi connectivity index (χ0) is 23.4. The summed E-state index contributed by atoms with van der Waals surface area (Å²) in [6, 6.07) is 20.3. The summed E-state index contributed by atoms with van der Waals surface area (Å²) in [6.45, 7) is 0. The number of nitrogens with one attached hydrogen (secondary N) is 2. The van der Waals surface area contributed by atoms with E-state index in [4.69, 9.17) is 46.4 Å². The van der Waals surface area contributed by atoms with Crippen LogP contribution < -0.4 is 10.5 Å². The zero-order valence-corrected chi connectivity index (χ0v) is 19.5. The summed E-state index contributed by atoms with van der Waals surface area (Å²) >= 11 is 26.4. The maximum atomic E-state index is 11.9. The third-order valence-electron chi connectivity index (χ3n) is 5.03. The lowest BCUT2D eigenvalue weighted by Gasteiger charge is -2.27. The Labute approximate surface area is 205 Å². The van der Waals surface area contributed by atoms with Crippen LogP contribution in [-0.4, -0.2) is 10.4 Å². The van der Waals surface area contributed by atoms with Gasteiger partial charge in [0.2, 0.25) is 0 Å². The van der Waals surface area contributed by atoms with Crippen LogP contribution in [0.1, 0.15) is 43.8 Å². The molecule has 4 N–H and O–H groups in total. The molecule has 0 heterocycles. The minimum Gasteiger partial charge on any atom is -0.595 e. The molecule has 0 radical (unpaired) electrons. The molecule has 0 saturated carbocycles. The van der Waals surface area contributed by atoms with Crippen LogP contribution in [0.5, 0.6) is 0 Å². The van der Waals surface area contributed by atoms with Gasteiger partial charge < -0.3 is 10.4 Å². The first kappa shape index (κ1) is 25.2. The quantitative estimate of drug-likeness (QED) is 0.249. The molecular weight excluding hydrogens is 498 g/mol. The highest BCUT2D eigenvalue weighted by Gasteiger charge is 2.32. The van der Waals surface area contributed by atoms with E-state index >= 15 is 0 Å². The second kappa shape index (κ2) is 11.1. The Bertz CT molecular complexity index is 946. The van der Waals surface area contributed by atoms with Crippen molar-refractivity contribution in [1.29, 1.82) is 0 Å². The summed E-state index contributed by atoms with van der Waals surface area (Å²) in [5, 5.41) is 37.2. The van der Waals surface area contributed by atoms with Crippen LogP contribution in [0.25, 0.3) is 0 Å². The van der Waals surface area contributed by atoms with E-state index in [0.717, 1.165) is 6.07 Å². The van der Waals surface area contributed by atoms with Gasteiger partial charge in [-0.2, -0.15) is 10.5 Å². The van der Waals surface area contributed by atoms with Crippen LogP contribution in [0.15, 0.2) is 72.8 Å². The van der Waals surface area contributed by atoms with Crippen molar-refractivity contribution < 1.29 is 20.9 Å². The molecule has 32 heavy (non-hydrogen) atoms. The molecule has 0 fully saturated rings. The van der Waals surface area contributed by atoms with Gasteiger partial charge in [-0.3, -0.25) is 0 Å². The van der Waals surface area contributed by atoms with Crippen LogP contribution in [0.3, 0.4) is 0 Å². The van der Waals surface area contributed by atoms with Crippen LogP contribution in [-0.2, 0) is 0 Å². The highest BCUT2D eigenvalue weighted by molar-refractivity contribution is 6.31. The maximum absolute atomic E-state index is 11.9. The van der Waals surface area contributed by atoms with Crippen molar-refractivity contribution in [2.24, 2.45) is 0 Å².